The molecule has 3 N–H and O–H groups in total. The van der Waals surface area contributed by atoms with Gasteiger partial charge in [-0.15, -0.1) is 0 Å². The van der Waals surface area contributed by atoms with E-state index in [0.717, 1.165) is 63.3 Å². The Bertz CT molecular complexity index is 795. The maximum atomic E-state index is 11.9. The van der Waals surface area contributed by atoms with Crippen LogP contribution in [0.1, 0.15) is 92.9 Å². The largest absolute Gasteiger partial charge is 0.396 e. The molecule has 0 aliphatic heterocycles. The second-order valence-electron chi connectivity index (χ2n) is 13.7. The van der Waals surface area contributed by atoms with Crippen molar-refractivity contribution in [3.8, 4) is 0 Å². The van der Waals surface area contributed by atoms with Crippen molar-refractivity contribution in [3.05, 3.63) is 11.6 Å². The molecule has 12 atom stereocenters. The van der Waals surface area contributed by atoms with E-state index in [9.17, 15) is 15.3 Å². The van der Waals surface area contributed by atoms with E-state index in [0.29, 0.717) is 11.8 Å². The second kappa shape index (κ2) is 12.1. The van der Waals surface area contributed by atoms with Crippen LogP contribution in [0.15, 0.2) is 11.6 Å². The zero-order valence-electron chi connectivity index (χ0n) is 23.5. The molecule has 0 heterocycles. The molecule has 4 fully saturated rings. The van der Waals surface area contributed by atoms with Gasteiger partial charge in [-0.2, -0.15) is 0 Å². The van der Waals surface area contributed by atoms with Crippen LogP contribution in [0.4, 0.5) is 0 Å². The van der Waals surface area contributed by atoms with Crippen molar-refractivity contribution in [2.75, 3.05) is 6.61 Å². The average molecular weight is 732 g/mol. The molecule has 0 amide bonds. The molecule has 4 aliphatic rings. The molecule has 0 aromatic carbocycles. The Kier molecular flexibility index (Phi) is 10.8. The third-order valence-corrected chi connectivity index (χ3v) is 12.4. The Morgan fingerprint density at radius 3 is 2.39 bits per heavy atom. The molecule has 4 saturated carbocycles. The first kappa shape index (κ1) is 32.0. The zero-order valence-corrected chi connectivity index (χ0v) is 29.0. The summed E-state index contributed by atoms with van der Waals surface area (Å²) in [4.78, 5) is 0. The van der Waals surface area contributed by atoms with Gasteiger partial charge in [-0.05, 0) is 117 Å². The summed E-state index contributed by atoms with van der Waals surface area (Å²) in [5.74, 6) is 1.52. The van der Waals surface area contributed by atoms with Crippen molar-refractivity contribution in [1.82, 2.24) is 0 Å². The number of aliphatic hydroxyl groups excluding tert-OH is 3. The van der Waals surface area contributed by atoms with Crippen molar-refractivity contribution in [2.24, 2.45) is 51.8 Å². The molecule has 36 heavy (non-hydrogen) atoms. The standard InChI is InChI=1S/C29H49BO4S.Ac/c1-17(2)8-7-9-19(16-31)25-21-14-22(32)26-27(4)12-11-24(34-35-30)18(3)20(27)10-13-28(26,5)29(21,6)15-23(25)33;/h8,18-26,31-33H,7,9-16H2,1-6H3;. The van der Waals surface area contributed by atoms with Gasteiger partial charge in [0.25, 0.3) is 0 Å². The maximum Gasteiger partial charge on any atom is 0.203 e. The van der Waals surface area contributed by atoms with Crippen molar-refractivity contribution >= 4 is 19.0 Å². The number of allylic oxidation sites excluding steroid dienone is 2. The molecule has 4 rings (SSSR count). The van der Waals surface area contributed by atoms with E-state index < -0.39 is 6.10 Å². The molecular weight excluding hydrogens is 682 g/mol. The van der Waals surface area contributed by atoms with Gasteiger partial charge in [-0.3, -0.25) is 0 Å². The van der Waals surface area contributed by atoms with E-state index in [-0.39, 0.29) is 103 Å². The summed E-state index contributed by atoms with van der Waals surface area (Å²) in [7, 11) is 5.66. The number of hydrogen-bond acceptors (Lipinski definition) is 5. The third kappa shape index (κ3) is 5.14. The van der Waals surface area contributed by atoms with Crippen LogP contribution in [0.3, 0.4) is 0 Å². The van der Waals surface area contributed by atoms with Crippen molar-refractivity contribution in [2.45, 2.75) is 111 Å². The molecule has 4 nitrogen and oxygen atoms in total. The minimum atomic E-state index is -0.410. The summed E-state index contributed by atoms with van der Waals surface area (Å²) in [6.07, 6.45) is 9.25. The van der Waals surface area contributed by atoms with E-state index in [2.05, 4.69) is 47.6 Å². The summed E-state index contributed by atoms with van der Waals surface area (Å²) in [6, 6.07) is 0. The van der Waals surface area contributed by atoms with E-state index in [1.54, 1.807) is 0 Å². The first-order chi connectivity index (χ1) is 16.4. The molecule has 12 unspecified atom stereocenters. The molecule has 0 saturated heterocycles. The zero-order chi connectivity index (χ0) is 25.8. The average Bonchev–Trinajstić information content (AvgIpc) is 3.04. The number of fused-ring (bicyclic) bond motifs is 5. The fourth-order valence-corrected chi connectivity index (χ4v) is 10.7. The summed E-state index contributed by atoms with van der Waals surface area (Å²) in [5.41, 5.74) is 1.28. The number of hydrogen-bond donors (Lipinski definition) is 3. The Morgan fingerprint density at radius 1 is 1.08 bits per heavy atom. The SMILES string of the molecule is [Ac].[B]SOC1CCC2(C)C(CCC3(C)C2C(O)CC2C(C(CO)CCC=C(C)C)C(O)CC23C)C1C. The van der Waals surface area contributed by atoms with Gasteiger partial charge in [0.15, 0.2) is 0 Å². The fraction of sp³-hybridized carbons (Fsp3) is 0.931. The van der Waals surface area contributed by atoms with Crippen LogP contribution in [0.2, 0.25) is 0 Å². The van der Waals surface area contributed by atoms with Crippen LogP contribution in [-0.2, 0) is 4.18 Å². The summed E-state index contributed by atoms with van der Waals surface area (Å²) < 4.78 is 5.85. The van der Waals surface area contributed by atoms with Crippen LogP contribution in [0.25, 0.3) is 0 Å². The van der Waals surface area contributed by atoms with Crippen LogP contribution in [0.5, 0.6) is 0 Å². The monoisotopic (exact) mass is 731 g/mol. The van der Waals surface area contributed by atoms with E-state index in [4.69, 9.17) is 11.3 Å². The first-order valence-corrected chi connectivity index (χ1v) is 14.9. The summed E-state index contributed by atoms with van der Waals surface area (Å²) in [5, 5.41) is 33.8. The van der Waals surface area contributed by atoms with Crippen LogP contribution < -0.4 is 0 Å². The second-order valence-corrected chi connectivity index (χ2v) is 14.0. The molecule has 0 aromatic rings. The van der Waals surface area contributed by atoms with Crippen LogP contribution >= 0.6 is 11.9 Å². The first-order valence-electron chi connectivity index (χ1n) is 14.1. The Morgan fingerprint density at radius 2 is 1.78 bits per heavy atom. The normalized spacial score (nSPS) is 48.7. The van der Waals surface area contributed by atoms with Gasteiger partial charge in [-0.25, -0.2) is 0 Å². The predicted octanol–water partition coefficient (Wildman–Crippen LogP) is 5.69. The van der Waals surface area contributed by atoms with Gasteiger partial charge >= 0.3 is 0 Å². The van der Waals surface area contributed by atoms with Gasteiger partial charge in [0.2, 0.25) is 7.12 Å². The van der Waals surface area contributed by atoms with Crippen molar-refractivity contribution in [3.63, 3.8) is 0 Å². The quantitative estimate of drug-likeness (QED) is 0.178. The van der Waals surface area contributed by atoms with E-state index >= 15 is 0 Å². The Balaban J connectivity index is 0.00000361. The van der Waals surface area contributed by atoms with E-state index in [1.165, 1.54) is 5.57 Å². The van der Waals surface area contributed by atoms with Gasteiger partial charge in [0.1, 0.15) is 0 Å². The van der Waals surface area contributed by atoms with Gasteiger partial charge in [0, 0.05) is 50.7 Å². The molecular formula is C29H49AcBO4S. The van der Waals surface area contributed by atoms with Crippen molar-refractivity contribution < 1.29 is 63.6 Å². The van der Waals surface area contributed by atoms with Crippen molar-refractivity contribution in [1.29, 1.82) is 0 Å². The molecule has 0 spiro atoms. The molecule has 7 heteroatoms. The summed E-state index contributed by atoms with van der Waals surface area (Å²) in [6.45, 7) is 13.9. The number of aliphatic hydroxyl groups is 3. The molecule has 201 valence electrons. The minimum Gasteiger partial charge on any atom is -0.396 e. The molecule has 3 radical (unpaired) electrons. The van der Waals surface area contributed by atoms with Gasteiger partial charge < -0.3 is 19.5 Å². The predicted molar refractivity (Wildman–Crippen MR) is 145 cm³/mol. The van der Waals surface area contributed by atoms with Gasteiger partial charge in [-0.1, -0.05) is 51.2 Å². The molecule has 0 aromatic heterocycles. The smallest absolute Gasteiger partial charge is 0.203 e. The maximum absolute atomic E-state index is 11.9. The van der Waals surface area contributed by atoms with E-state index in [1.807, 2.05) is 0 Å². The fourth-order valence-electron chi connectivity index (χ4n) is 10.3. The van der Waals surface area contributed by atoms with Crippen LogP contribution in [0, 0.1) is 95.8 Å². The summed E-state index contributed by atoms with van der Waals surface area (Å²) >= 11 is 0.996. The molecule has 4 aliphatic carbocycles. The Hall–Kier alpha value is 1.44. The minimum absolute atomic E-state index is 0. The Labute approximate surface area is 261 Å². The topological polar surface area (TPSA) is 69.9 Å². The molecule has 0 bridgehead atoms. The van der Waals surface area contributed by atoms with Gasteiger partial charge in [0.05, 0.1) is 18.3 Å². The number of rotatable bonds is 7. The van der Waals surface area contributed by atoms with Crippen LogP contribution in [-0.4, -0.2) is 47.4 Å². The third-order valence-electron chi connectivity index (χ3n) is 12.0.